The van der Waals surface area contributed by atoms with E-state index in [4.69, 9.17) is 0 Å². The van der Waals surface area contributed by atoms with Crippen LogP contribution in [0.5, 0.6) is 0 Å². The van der Waals surface area contributed by atoms with Gasteiger partial charge in [0.05, 0.1) is 10.4 Å². The Morgan fingerprint density at radius 3 is 2.74 bits per heavy atom. The van der Waals surface area contributed by atoms with Crippen LogP contribution in [0, 0.1) is 0 Å². The largest absolute Gasteiger partial charge is 0.315 e. The predicted molar refractivity (Wildman–Crippen MR) is 78.5 cm³/mol. The Labute approximate surface area is 117 Å². The highest BCUT2D eigenvalue weighted by Crippen LogP contribution is 2.23. The smallest absolute Gasteiger partial charge is 0.193 e. The first-order valence-electron chi connectivity index (χ1n) is 6.03. The summed E-state index contributed by atoms with van der Waals surface area (Å²) in [4.78, 5) is 5.44. The first kappa shape index (κ1) is 14.5. The molecule has 0 saturated carbocycles. The van der Waals surface area contributed by atoms with E-state index < -0.39 is 14.6 Å². The summed E-state index contributed by atoms with van der Waals surface area (Å²) in [7, 11) is -1.36. The highest BCUT2D eigenvalue weighted by Gasteiger charge is 2.38. The van der Waals surface area contributed by atoms with Gasteiger partial charge in [-0.25, -0.2) is 13.4 Å². The zero-order valence-electron chi connectivity index (χ0n) is 11.5. The molecule has 106 valence electrons. The molecular weight excluding hydrogens is 282 g/mol. The average Bonchev–Trinajstić information content (AvgIpc) is 2.83. The van der Waals surface area contributed by atoms with Gasteiger partial charge < -0.3 is 5.32 Å². The topological polar surface area (TPSA) is 63.5 Å². The molecule has 0 spiro atoms. The van der Waals surface area contributed by atoms with E-state index in [9.17, 15) is 8.42 Å². The molecule has 0 aliphatic carbocycles. The number of hydrogen-bond acceptors (Lipinski definition) is 5. The lowest BCUT2D eigenvalue weighted by Crippen LogP contribution is -2.51. The van der Waals surface area contributed by atoms with Crippen LogP contribution in [0.3, 0.4) is 0 Å². The van der Waals surface area contributed by atoms with Crippen LogP contribution in [0.25, 0.3) is 4.96 Å². The molecule has 0 aliphatic rings. The van der Waals surface area contributed by atoms with Gasteiger partial charge in [0, 0.05) is 36.5 Å². The summed E-state index contributed by atoms with van der Waals surface area (Å²) in [6, 6.07) is -0.174. The zero-order valence-corrected chi connectivity index (χ0v) is 13.2. The van der Waals surface area contributed by atoms with Crippen LogP contribution in [0.2, 0.25) is 0 Å². The third-order valence-electron chi connectivity index (χ3n) is 3.70. The van der Waals surface area contributed by atoms with Crippen molar-refractivity contribution in [3.8, 4) is 0 Å². The van der Waals surface area contributed by atoms with Gasteiger partial charge in [0.2, 0.25) is 0 Å². The molecule has 7 heteroatoms. The fraction of sp³-hybridized carbons (Fsp3) is 0.583. The van der Waals surface area contributed by atoms with Crippen molar-refractivity contribution in [1.82, 2.24) is 14.7 Å². The van der Waals surface area contributed by atoms with E-state index in [0.717, 1.165) is 10.7 Å². The summed E-state index contributed by atoms with van der Waals surface area (Å²) >= 11 is 1.57. The lowest BCUT2D eigenvalue weighted by atomic mass is 9.99. The van der Waals surface area contributed by atoms with Crippen molar-refractivity contribution in [1.29, 1.82) is 0 Å². The molecule has 1 unspecified atom stereocenters. The number of fused-ring (bicyclic) bond motifs is 1. The van der Waals surface area contributed by atoms with Crippen LogP contribution in [0.4, 0.5) is 0 Å². The normalized spacial score (nSPS) is 14.9. The fourth-order valence-electron chi connectivity index (χ4n) is 2.04. The molecule has 2 aromatic heterocycles. The summed E-state index contributed by atoms with van der Waals surface area (Å²) in [6.07, 6.45) is 5.77. The molecule has 2 aromatic rings. The van der Waals surface area contributed by atoms with Crippen LogP contribution in [0.15, 0.2) is 17.8 Å². The second-order valence-corrected chi connectivity index (χ2v) is 8.72. The van der Waals surface area contributed by atoms with Crippen molar-refractivity contribution < 1.29 is 8.42 Å². The maximum absolute atomic E-state index is 11.9. The molecular formula is C12H19N3O2S2. The highest BCUT2D eigenvalue weighted by atomic mass is 32.2. The van der Waals surface area contributed by atoms with Crippen LogP contribution in [-0.2, 0) is 16.3 Å². The molecule has 2 heterocycles. The molecule has 5 nitrogen and oxygen atoms in total. The first-order chi connectivity index (χ1) is 8.75. The number of rotatable bonds is 5. The minimum atomic E-state index is -3.14. The summed E-state index contributed by atoms with van der Waals surface area (Å²) in [5.41, 5.74) is 0.905. The van der Waals surface area contributed by atoms with Gasteiger partial charge >= 0.3 is 0 Å². The van der Waals surface area contributed by atoms with E-state index in [1.807, 2.05) is 22.2 Å². The van der Waals surface area contributed by atoms with Crippen molar-refractivity contribution in [3.05, 3.63) is 23.5 Å². The Morgan fingerprint density at radius 1 is 1.53 bits per heavy atom. The van der Waals surface area contributed by atoms with E-state index >= 15 is 0 Å². The number of nitrogens with one attached hydrogen (secondary N) is 1. The van der Waals surface area contributed by atoms with Crippen LogP contribution in [-0.4, -0.2) is 41.9 Å². The molecule has 1 atom stereocenters. The Kier molecular flexibility index (Phi) is 3.72. The molecule has 2 rings (SSSR count). The minimum Gasteiger partial charge on any atom is -0.315 e. The van der Waals surface area contributed by atoms with Crippen molar-refractivity contribution in [2.24, 2.45) is 0 Å². The molecule has 0 amide bonds. The van der Waals surface area contributed by atoms with Crippen LogP contribution in [0.1, 0.15) is 19.5 Å². The first-order valence-corrected chi connectivity index (χ1v) is 8.80. The summed E-state index contributed by atoms with van der Waals surface area (Å²) in [5, 5.41) is 5.08. The van der Waals surface area contributed by atoms with Gasteiger partial charge in [-0.05, 0) is 20.9 Å². The second-order valence-electron chi connectivity index (χ2n) is 5.25. The minimum absolute atomic E-state index is 0.174. The van der Waals surface area contributed by atoms with Crippen molar-refractivity contribution >= 4 is 26.1 Å². The predicted octanol–water partition coefficient (Wildman–Crippen LogP) is 1.35. The van der Waals surface area contributed by atoms with Gasteiger partial charge in [0.1, 0.15) is 0 Å². The number of imidazole rings is 1. The molecule has 0 aromatic carbocycles. The number of sulfone groups is 1. The molecule has 19 heavy (non-hydrogen) atoms. The van der Waals surface area contributed by atoms with Gasteiger partial charge in [-0.3, -0.25) is 4.40 Å². The number of thiazole rings is 1. The molecule has 0 radical (unpaired) electrons. The quantitative estimate of drug-likeness (QED) is 0.905. The maximum Gasteiger partial charge on any atom is 0.193 e. The average molecular weight is 301 g/mol. The molecule has 1 N–H and O–H groups in total. The van der Waals surface area contributed by atoms with Gasteiger partial charge in [0.15, 0.2) is 14.8 Å². The number of hydrogen-bond donors (Lipinski definition) is 1. The van der Waals surface area contributed by atoms with E-state index in [2.05, 4.69) is 10.3 Å². The maximum atomic E-state index is 11.9. The Hall–Kier alpha value is -0.920. The van der Waals surface area contributed by atoms with Crippen molar-refractivity contribution in [3.63, 3.8) is 0 Å². The van der Waals surface area contributed by atoms with Gasteiger partial charge in [0.25, 0.3) is 0 Å². The molecule has 0 saturated heterocycles. The van der Waals surface area contributed by atoms with E-state index in [-0.39, 0.29) is 6.04 Å². The van der Waals surface area contributed by atoms with Gasteiger partial charge in [-0.2, -0.15) is 0 Å². The SMILES string of the molecule is CNC(Cc1cn2ccsc2n1)C(C)(C)S(C)(=O)=O. The van der Waals surface area contributed by atoms with Crippen molar-refractivity contribution in [2.45, 2.75) is 31.1 Å². The second kappa shape index (κ2) is 4.88. The number of aromatic nitrogens is 2. The Morgan fingerprint density at radius 2 is 2.21 bits per heavy atom. The lowest BCUT2D eigenvalue weighted by Gasteiger charge is -2.32. The third-order valence-corrected chi connectivity index (χ3v) is 6.67. The highest BCUT2D eigenvalue weighted by molar-refractivity contribution is 7.92. The van der Waals surface area contributed by atoms with Crippen molar-refractivity contribution in [2.75, 3.05) is 13.3 Å². The monoisotopic (exact) mass is 301 g/mol. The van der Waals surface area contributed by atoms with Crippen LogP contribution >= 0.6 is 11.3 Å². The molecule has 0 bridgehead atoms. The molecule has 0 aliphatic heterocycles. The lowest BCUT2D eigenvalue weighted by molar-refractivity contribution is 0.428. The fourth-order valence-corrected chi connectivity index (χ4v) is 3.47. The van der Waals surface area contributed by atoms with Gasteiger partial charge in [-0.15, -0.1) is 11.3 Å². The standard InChI is InChI=1S/C12H19N3O2S2/c1-12(2,19(4,16)17)10(13-3)7-9-8-15-5-6-18-11(15)14-9/h5-6,8,10,13H,7H2,1-4H3. The number of likely N-dealkylation sites (N-methyl/N-ethyl adjacent to an activating group) is 1. The van der Waals surface area contributed by atoms with Crippen LogP contribution < -0.4 is 5.32 Å². The summed E-state index contributed by atoms with van der Waals surface area (Å²) < 4.78 is 24.9. The van der Waals surface area contributed by atoms with Gasteiger partial charge in [-0.1, -0.05) is 0 Å². The molecule has 0 fully saturated rings. The van der Waals surface area contributed by atoms with E-state index in [1.54, 1.807) is 32.2 Å². The van der Waals surface area contributed by atoms with E-state index in [1.165, 1.54) is 6.26 Å². The Balaban J connectivity index is 2.26. The Bertz CT molecular complexity index is 642. The zero-order chi connectivity index (χ0) is 14.3. The summed E-state index contributed by atoms with van der Waals surface area (Å²) in [5.74, 6) is 0. The van der Waals surface area contributed by atoms with E-state index in [0.29, 0.717) is 6.42 Å². The number of nitrogens with zero attached hydrogens (tertiary/aromatic N) is 2. The summed E-state index contributed by atoms with van der Waals surface area (Å²) in [6.45, 7) is 3.50. The third kappa shape index (κ3) is 2.68.